The van der Waals surface area contributed by atoms with Crippen molar-refractivity contribution in [1.82, 2.24) is 19.6 Å². The number of hydrogen-bond donors (Lipinski definition) is 1. The van der Waals surface area contributed by atoms with Crippen molar-refractivity contribution in [3.05, 3.63) is 45.5 Å². The van der Waals surface area contributed by atoms with Crippen LogP contribution in [0.25, 0.3) is 5.65 Å². The Kier molecular flexibility index (Phi) is 4.48. The third kappa shape index (κ3) is 2.96. The van der Waals surface area contributed by atoms with Gasteiger partial charge in [0.05, 0.1) is 24.4 Å². The van der Waals surface area contributed by atoms with Crippen molar-refractivity contribution in [3.63, 3.8) is 0 Å². The molecule has 0 atom stereocenters. The molecule has 1 aliphatic rings. The average molecular weight is 346 g/mol. The highest BCUT2D eigenvalue weighted by atomic mass is 32.1. The van der Waals surface area contributed by atoms with Gasteiger partial charge in [0.15, 0.2) is 5.11 Å². The molecule has 0 spiro atoms. The molecule has 0 fully saturated rings. The summed E-state index contributed by atoms with van der Waals surface area (Å²) in [5.41, 5.74) is 2.80. The standard InChI is InChI=1S/C16H18N4O3S/c1-3-23-16(22)18-15(24)19-8-7-12-11(9-19)14(21)20-10(2)5-4-6-13(20)17-12/h4-6H,3,7-9H2,1-2H3,(H,18,22,24). The number of carbonyl (C=O) groups excluding carboxylic acids is 1. The van der Waals surface area contributed by atoms with Crippen LogP contribution in [-0.4, -0.2) is 38.6 Å². The molecule has 3 heterocycles. The van der Waals surface area contributed by atoms with E-state index in [2.05, 4.69) is 10.3 Å². The Morgan fingerprint density at radius 3 is 3.00 bits per heavy atom. The molecule has 0 radical (unpaired) electrons. The van der Waals surface area contributed by atoms with Crippen molar-refractivity contribution in [1.29, 1.82) is 0 Å². The highest BCUT2D eigenvalue weighted by molar-refractivity contribution is 7.80. The van der Waals surface area contributed by atoms with Crippen LogP contribution in [0.15, 0.2) is 23.0 Å². The summed E-state index contributed by atoms with van der Waals surface area (Å²) in [6.07, 6.45) is 0.0112. The summed E-state index contributed by atoms with van der Waals surface area (Å²) in [5, 5.41) is 2.77. The lowest BCUT2D eigenvalue weighted by Crippen LogP contribution is -2.46. The molecule has 0 aliphatic carbocycles. The van der Waals surface area contributed by atoms with Gasteiger partial charge in [-0.1, -0.05) is 6.07 Å². The molecule has 1 aliphatic heterocycles. The fraction of sp³-hybridized carbons (Fsp3) is 0.375. The van der Waals surface area contributed by atoms with E-state index in [1.165, 1.54) is 0 Å². The fourth-order valence-corrected chi connectivity index (χ4v) is 3.04. The lowest BCUT2D eigenvalue weighted by Gasteiger charge is -2.29. The number of carbonyl (C=O) groups is 1. The SMILES string of the molecule is CCOC(=O)NC(=S)N1CCc2nc3cccc(C)n3c(=O)c2C1. The molecule has 3 rings (SSSR count). The second-order valence-corrected chi connectivity index (χ2v) is 5.91. The predicted octanol–water partition coefficient (Wildman–Crippen LogP) is 1.39. The molecule has 1 N–H and O–H groups in total. The van der Waals surface area contributed by atoms with Crippen molar-refractivity contribution in [3.8, 4) is 0 Å². The van der Waals surface area contributed by atoms with Crippen LogP contribution in [0, 0.1) is 6.92 Å². The van der Waals surface area contributed by atoms with E-state index in [0.717, 1.165) is 11.4 Å². The third-order valence-corrected chi connectivity index (χ3v) is 4.32. The average Bonchev–Trinajstić information content (AvgIpc) is 2.55. The van der Waals surface area contributed by atoms with E-state index in [9.17, 15) is 9.59 Å². The number of rotatable bonds is 1. The maximum atomic E-state index is 12.8. The first kappa shape index (κ1) is 16.4. The van der Waals surface area contributed by atoms with Gasteiger partial charge in [0.2, 0.25) is 0 Å². The third-order valence-electron chi connectivity index (χ3n) is 3.96. The van der Waals surface area contributed by atoms with Crippen LogP contribution >= 0.6 is 12.2 Å². The zero-order valence-corrected chi connectivity index (χ0v) is 14.4. The van der Waals surface area contributed by atoms with Crippen molar-refractivity contribution in [2.45, 2.75) is 26.8 Å². The smallest absolute Gasteiger partial charge is 0.413 e. The quantitative estimate of drug-likeness (QED) is 0.787. The zero-order valence-electron chi connectivity index (χ0n) is 13.5. The Bertz CT molecular complexity index is 877. The topological polar surface area (TPSA) is 75.9 Å². The minimum absolute atomic E-state index is 0.0864. The summed E-state index contributed by atoms with van der Waals surface area (Å²) in [6.45, 7) is 4.78. The Balaban J connectivity index is 1.90. The maximum Gasteiger partial charge on any atom is 0.413 e. The van der Waals surface area contributed by atoms with E-state index in [-0.39, 0.29) is 17.3 Å². The molecule has 0 bridgehead atoms. The Hall–Kier alpha value is -2.48. The molecule has 0 saturated heterocycles. The second-order valence-electron chi connectivity index (χ2n) is 5.53. The first-order valence-electron chi connectivity index (χ1n) is 7.74. The van der Waals surface area contributed by atoms with Crippen LogP contribution in [0.5, 0.6) is 0 Å². The Morgan fingerprint density at radius 1 is 1.46 bits per heavy atom. The summed E-state index contributed by atoms with van der Waals surface area (Å²) in [4.78, 5) is 30.7. The van der Waals surface area contributed by atoms with Crippen LogP contribution < -0.4 is 10.9 Å². The van der Waals surface area contributed by atoms with Crippen molar-refractivity contribution >= 4 is 29.1 Å². The number of pyridine rings is 1. The lowest BCUT2D eigenvalue weighted by molar-refractivity contribution is 0.156. The van der Waals surface area contributed by atoms with Crippen molar-refractivity contribution < 1.29 is 9.53 Å². The van der Waals surface area contributed by atoms with E-state index in [4.69, 9.17) is 17.0 Å². The Labute approximate surface area is 144 Å². The van der Waals surface area contributed by atoms with E-state index in [0.29, 0.717) is 30.7 Å². The van der Waals surface area contributed by atoms with E-state index >= 15 is 0 Å². The summed E-state index contributed by atoms with van der Waals surface area (Å²) in [5.74, 6) is 0. The number of alkyl carbamates (subject to hydrolysis) is 1. The summed E-state index contributed by atoms with van der Waals surface area (Å²) >= 11 is 5.24. The van der Waals surface area contributed by atoms with Gasteiger partial charge in [-0.15, -0.1) is 0 Å². The van der Waals surface area contributed by atoms with Crippen molar-refractivity contribution in [2.75, 3.05) is 13.2 Å². The number of aromatic nitrogens is 2. The maximum absolute atomic E-state index is 12.8. The van der Waals surface area contributed by atoms with E-state index in [1.807, 2.05) is 25.1 Å². The molecule has 7 nitrogen and oxygen atoms in total. The van der Waals surface area contributed by atoms with Gasteiger partial charge in [0.25, 0.3) is 5.56 Å². The number of ether oxygens (including phenoxy) is 1. The lowest BCUT2D eigenvalue weighted by atomic mass is 10.1. The van der Waals surface area contributed by atoms with Gasteiger partial charge in [-0.3, -0.25) is 14.5 Å². The van der Waals surface area contributed by atoms with Gasteiger partial charge in [-0.05, 0) is 38.2 Å². The minimum Gasteiger partial charge on any atom is -0.450 e. The van der Waals surface area contributed by atoms with Crippen LogP contribution in [0.4, 0.5) is 4.79 Å². The van der Waals surface area contributed by atoms with Crippen molar-refractivity contribution in [2.24, 2.45) is 0 Å². The minimum atomic E-state index is -0.586. The normalized spacial score (nSPS) is 13.5. The summed E-state index contributed by atoms with van der Waals surface area (Å²) in [6, 6.07) is 5.58. The number of fused-ring (bicyclic) bond motifs is 2. The summed E-state index contributed by atoms with van der Waals surface area (Å²) < 4.78 is 6.43. The number of nitrogens with one attached hydrogen (secondary N) is 1. The number of thiocarbonyl (C=S) groups is 1. The number of hydrogen-bond acceptors (Lipinski definition) is 5. The fourth-order valence-electron chi connectivity index (χ4n) is 2.80. The van der Waals surface area contributed by atoms with Crippen LogP contribution in [0.3, 0.4) is 0 Å². The summed E-state index contributed by atoms with van der Waals surface area (Å²) in [7, 11) is 0. The molecule has 24 heavy (non-hydrogen) atoms. The van der Waals surface area contributed by atoms with Crippen LogP contribution in [0.2, 0.25) is 0 Å². The van der Waals surface area contributed by atoms with Gasteiger partial charge >= 0.3 is 6.09 Å². The molecular weight excluding hydrogens is 328 g/mol. The largest absolute Gasteiger partial charge is 0.450 e. The van der Waals surface area contributed by atoms with Gasteiger partial charge in [0.1, 0.15) is 5.65 Å². The number of nitrogens with zero attached hydrogens (tertiary/aromatic N) is 3. The number of aryl methyl sites for hydroxylation is 1. The van der Waals surface area contributed by atoms with E-state index in [1.54, 1.807) is 16.2 Å². The molecule has 2 aromatic heterocycles. The highest BCUT2D eigenvalue weighted by Gasteiger charge is 2.24. The molecule has 0 saturated carbocycles. The molecule has 0 unspecified atom stereocenters. The first-order chi connectivity index (χ1) is 11.5. The van der Waals surface area contributed by atoms with Crippen LogP contribution in [-0.2, 0) is 17.7 Å². The van der Waals surface area contributed by atoms with Gasteiger partial charge in [-0.2, -0.15) is 0 Å². The molecule has 2 aromatic rings. The van der Waals surface area contributed by atoms with E-state index < -0.39 is 6.09 Å². The van der Waals surface area contributed by atoms with Gasteiger partial charge in [-0.25, -0.2) is 9.78 Å². The molecule has 1 amide bonds. The molecule has 126 valence electrons. The first-order valence-corrected chi connectivity index (χ1v) is 8.15. The highest BCUT2D eigenvalue weighted by Crippen LogP contribution is 2.16. The zero-order chi connectivity index (χ0) is 17.3. The number of amides is 1. The van der Waals surface area contributed by atoms with Gasteiger partial charge < -0.3 is 9.64 Å². The Morgan fingerprint density at radius 2 is 2.25 bits per heavy atom. The molecule has 8 heteroatoms. The van der Waals surface area contributed by atoms with Gasteiger partial charge in [0, 0.05) is 18.7 Å². The molecular formula is C16H18N4O3S. The van der Waals surface area contributed by atoms with Crippen LogP contribution in [0.1, 0.15) is 23.9 Å². The second kappa shape index (κ2) is 6.56. The monoisotopic (exact) mass is 346 g/mol. The molecule has 0 aromatic carbocycles. The predicted molar refractivity (Wildman–Crippen MR) is 93.1 cm³/mol.